The summed E-state index contributed by atoms with van der Waals surface area (Å²) >= 11 is 0. The summed E-state index contributed by atoms with van der Waals surface area (Å²) in [7, 11) is 0. The molecule has 1 aliphatic heterocycles. The van der Waals surface area contributed by atoms with Crippen LogP contribution in [0.15, 0.2) is 85.1 Å². The van der Waals surface area contributed by atoms with Crippen LogP contribution in [0.3, 0.4) is 0 Å². The van der Waals surface area contributed by atoms with Crippen LogP contribution in [-0.4, -0.2) is 21.7 Å². The van der Waals surface area contributed by atoms with Crippen molar-refractivity contribution < 1.29 is 18.0 Å². The molecule has 0 saturated carbocycles. The van der Waals surface area contributed by atoms with Crippen LogP contribution < -0.4 is 5.32 Å². The van der Waals surface area contributed by atoms with E-state index in [1.807, 2.05) is 62.4 Å². The summed E-state index contributed by atoms with van der Waals surface area (Å²) in [6.07, 6.45) is -2.03. The number of nitriles is 1. The monoisotopic (exact) mass is 556 g/mol. The zero-order chi connectivity index (χ0) is 29.2. The van der Waals surface area contributed by atoms with Crippen LogP contribution in [0.1, 0.15) is 78.7 Å². The predicted octanol–water partition coefficient (Wildman–Crippen LogP) is 8.41. The van der Waals surface area contributed by atoms with Gasteiger partial charge in [0, 0.05) is 18.3 Å². The quantitative estimate of drug-likeness (QED) is 0.221. The number of alkyl halides is 3. The van der Waals surface area contributed by atoms with Crippen LogP contribution in [0.25, 0.3) is 11.1 Å². The number of Topliss-reactive ketones (excluding diaryl/α,β-unsaturated/α-hetero) is 1. The average Bonchev–Trinajstić information content (AvgIpc) is 3.43. The van der Waals surface area contributed by atoms with Gasteiger partial charge in [-0.05, 0) is 47.2 Å². The second kappa shape index (κ2) is 11.2. The largest absolute Gasteiger partial charge is 0.410 e. The fourth-order valence-corrected chi connectivity index (χ4v) is 5.88. The normalized spacial score (nSPS) is 16.9. The van der Waals surface area contributed by atoms with Crippen LogP contribution in [0, 0.1) is 11.3 Å². The van der Waals surface area contributed by atoms with Crippen molar-refractivity contribution in [1.82, 2.24) is 9.78 Å². The minimum Gasteiger partial charge on any atom is -0.363 e. The number of nitrogens with zero attached hydrogens (tertiary/aromatic N) is 3. The number of benzene rings is 3. The van der Waals surface area contributed by atoms with Crippen molar-refractivity contribution in [3.8, 4) is 17.2 Å². The molecule has 0 saturated heterocycles. The number of carbonyl (C=O) groups excluding carboxylic acids is 1. The Kier molecular flexibility index (Phi) is 7.72. The van der Waals surface area contributed by atoms with Crippen LogP contribution in [0.2, 0.25) is 0 Å². The van der Waals surface area contributed by atoms with E-state index in [2.05, 4.69) is 16.5 Å². The van der Waals surface area contributed by atoms with Gasteiger partial charge in [-0.25, -0.2) is 4.68 Å². The van der Waals surface area contributed by atoms with Gasteiger partial charge in [0.2, 0.25) is 0 Å². The Labute approximate surface area is 237 Å². The number of aromatic nitrogens is 2. The van der Waals surface area contributed by atoms with Gasteiger partial charge in [0.05, 0.1) is 29.4 Å². The predicted molar refractivity (Wildman–Crippen MR) is 153 cm³/mol. The number of hydrogen-bond donors (Lipinski definition) is 1. The van der Waals surface area contributed by atoms with Crippen LogP contribution in [-0.2, 0) is 5.41 Å². The molecular formula is C33H31F3N4O. The van der Waals surface area contributed by atoms with Gasteiger partial charge < -0.3 is 5.32 Å². The molecule has 4 aromatic rings. The highest BCUT2D eigenvalue weighted by Gasteiger charge is 2.47. The highest BCUT2D eigenvalue weighted by Crippen LogP contribution is 2.45. The lowest BCUT2D eigenvalue weighted by Crippen LogP contribution is -2.36. The van der Waals surface area contributed by atoms with Crippen molar-refractivity contribution >= 4 is 11.6 Å². The summed E-state index contributed by atoms with van der Waals surface area (Å²) in [5.74, 6) is -0.144. The van der Waals surface area contributed by atoms with Crippen molar-refractivity contribution in [3.63, 3.8) is 0 Å². The first kappa shape index (κ1) is 28.2. The van der Waals surface area contributed by atoms with Gasteiger partial charge in [-0.15, -0.1) is 0 Å². The van der Waals surface area contributed by atoms with E-state index >= 15 is 0 Å². The number of rotatable bonds is 8. The Balaban J connectivity index is 1.49. The molecule has 5 rings (SSSR count). The molecule has 0 fully saturated rings. The first-order valence-electron chi connectivity index (χ1n) is 13.8. The van der Waals surface area contributed by atoms with Gasteiger partial charge in [0.25, 0.3) is 0 Å². The summed E-state index contributed by atoms with van der Waals surface area (Å²) < 4.78 is 43.4. The molecule has 5 nitrogen and oxygen atoms in total. The van der Waals surface area contributed by atoms with Gasteiger partial charge >= 0.3 is 6.18 Å². The topological polar surface area (TPSA) is 70.7 Å². The zero-order valence-electron chi connectivity index (χ0n) is 22.9. The summed E-state index contributed by atoms with van der Waals surface area (Å²) in [4.78, 5) is 13.9. The maximum absolute atomic E-state index is 14.2. The number of nitrogens with one attached hydrogen (secondary N) is 1. The molecule has 3 aromatic carbocycles. The Morgan fingerprint density at radius 1 is 1.00 bits per heavy atom. The van der Waals surface area contributed by atoms with E-state index in [9.17, 15) is 23.2 Å². The Morgan fingerprint density at radius 3 is 2.34 bits per heavy atom. The Hall–Kier alpha value is -4.38. The SMILES string of the molecule is CCC(CC)(CC(=O)c1cnn2c1NC(c1ccccc1)CC2C(F)(F)F)c1cccc(-c2cccc(C#N)c2)c1. The molecule has 41 heavy (non-hydrogen) atoms. The van der Waals surface area contributed by atoms with Gasteiger partial charge in [0.15, 0.2) is 11.8 Å². The molecule has 0 amide bonds. The number of carbonyl (C=O) groups is 1. The van der Waals surface area contributed by atoms with E-state index in [0.29, 0.717) is 18.4 Å². The maximum Gasteiger partial charge on any atom is 0.410 e. The van der Waals surface area contributed by atoms with Crippen LogP contribution in [0.5, 0.6) is 0 Å². The van der Waals surface area contributed by atoms with Gasteiger partial charge in [-0.3, -0.25) is 4.79 Å². The molecule has 1 N–H and O–H groups in total. The fraction of sp³-hybridized carbons (Fsp3) is 0.303. The third-order valence-electron chi connectivity index (χ3n) is 8.39. The van der Waals surface area contributed by atoms with Crippen molar-refractivity contribution in [1.29, 1.82) is 5.26 Å². The number of fused-ring (bicyclic) bond motifs is 1. The molecule has 0 aliphatic carbocycles. The molecule has 2 heterocycles. The Morgan fingerprint density at radius 2 is 1.68 bits per heavy atom. The lowest BCUT2D eigenvalue weighted by Gasteiger charge is -2.35. The molecule has 2 unspecified atom stereocenters. The van der Waals surface area contributed by atoms with E-state index in [1.165, 1.54) is 6.20 Å². The molecule has 0 spiro atoms. The van der Waals surface area contributed by atoms with E-state index in [0.717, 1.165) is 26.9 Å². The summed E-state index contributed by atoms with van der Waals surface area (Å²) in [5.41, 5.74) is 3.72. The fourth-order valence-electron chi connectivity index (χ4n) is 5.88. The zero-order valence-corrected chi connectivity index (χ0v) is 22.9. The van der Waals surface area contributed by atoms with Gasteiger partial charge in [-0.1, -0.05) is 80.6 Å². The van der Waals surface area contributed by atoms with E-state index in [-0.39, 0.29) is 30.0 Å². The molecule has 2 atom stereocenters. The highest BCUT2D eigenvalue weighted by atomic mass is 19.4. The van der Waals surface area contributed by atoms with Crippen molar-refractivity contribution in [2.75, 3.05) is 5.32 Å². The van der Waals surface area contributed by atoms with Gasteiger partial charge in [0.1, 0.15) is 5.82 Å². The maximum atomic E-state index is 14.2. The van der Waals surface area contributed by atoms with Crippen molar-refractivity contribution in [2.24, 2.45) is 0 Å². The van der Waals surface area contributed by atoms with E-state index in [4.69, 9.17) is 0 Å². The smallest absolute Gasteiger partial charge is 0.363 e. The minimum atomic E-state index is -4.52. The summed E-state index contributed by atoms with van der Waals surface area (Å²) in [5, 5.41) is 16.6. The first-order chi connectivity index (χ1) is 19.7. The molecule has 1 aliphatic rings. The highest BCUT2D eigenvalue weighted by molar-refractivity contribution is 6.01. The number of hydrogen-bond acceptors (Lipinski definition) is 4. The lowest BCUT2D eigenvalue weighted by atomic mass is 9.71. The number of halogens is 3. The molecule has 0 bridgehead atoms. The standard InChI is InChI=1S/C33H31F3N4O/c1-3-32(4-2,26-15-9-14-25(17-26)24-13-8-10-22(16-24)20-37)19-29(41)27-21-38-40-30(33(34,35)36)18-28(39-31(27)40)23-11-6-5-7-12-23/h5-17,21,28,30,39H,3-4,18-19H2,1-2H3. The molecule has 0 radical (unpaired) electrons. The molecular weight excluding hydrogens is 525 g/mol. The Bertz CT molecular complexity index is 1580. The third kappa shape index (κ3) is 5.49. The van der Waals surface area contributed by atoms with E-state index in [1.54, 1.807) is 30.3 Å². The minimum absolute atomic E-state index is 0.112. The molecule has 210 valence electrons. The van der Waals surface area contributed by atoms with E-state index < -0.39 is 23.7 Å². The molecule has 1 aromatic heterocycles. The number of anilines is 1. The van der Waals surface area contributed by atoms with Crippen LogP contribution in [0.4, 0.5) is 19.0 Å². The lowest BCUT2D eigenvalue weighted by molar-refractivity contribution is -0.173. The second-order valence-electron chi connectivity index (χ2n) is 10.6. The van der Waals surface area contributed by atoms with Crippen LogP contribution >= 0.6 is 0 Å². The number of ketones is 1. The average molecular weight is 557 g/mol. The first-order valence-corrected chi connectivity index (χ1v) is 13.8. The van der Waals surface area contributed by atoms with Gasteiger partial charge in [-0.2, -0.15) is 23.5 Å². The second-order valence-corrected chi connectivity index (χ2v) is 10.6. The summed E-state index contributed by atoms with van der Waals surface area (Å²) in [6, 6.07) is 24.0. The summed E-state index contributed by atoms with van der Waals surface area (Å²) in [6.45, 7) is 4.05. The third-order valence-corrected chi connectivity index (χ3v) is 8.39. The molecule has 8 heteroatoms. The van der Waals surface area contributed by atoms with Crippen molar-refractivity contribution in [2.45, 2.75) is 63.2 Å². The van der Waals surface area contributed by atoms with Crippen molar-refractivity contribution in [3.05, 3.63) is 107 Å².